The van der Waals surface area contributed by atoms with Gasteiger partial charge in [0, 0.05) is 19.0 Å². The number of likely N-dealkylation sites (tertiary alicyclic amines) is 1. The monoisotopic (exact) mass is 393 g/mol. The second-order valence-electron chi connectivity index (χ2n) is 8.99. The number of nitrogens with zero attached hydrogens (tertiary/aromatic N) is 1. The van der Waals surface area contributed by atoms with Gasteiger partial charge in [-0.1, -0.05) is 84.9 Å². The summed E-state index contributed by atoms with van der Waals surface area (Å²) in [5, 5.41) is 2.39. The fraction of sp³-hybridized carbons (Fsp3) is 0.259. The maximum atomic E-state index is 13.5. The summed E-state index contributed by atoms with van der Waals surface area (Å²) in [5.74, 6) is 0.0362. The first kappa shape index (κ1) is 17.6. The number of hydrogen-bond acceptors (Lipinski definition) is 2. The van der Waals surface area contributed by atoms with Crippen molar-refractivity contribution in [1.29, 1.82) is 0 Å². The normalized spacial score (nSPS) is 29.6. The Balaban J connectivity index is 1.42. The zero-order valence-electron chi connectivity index (χ0n) is 16.7. The predicted octanol–water partition coefficient (Wildman–Crippen LogP) is 4.73. The molecule has 1 heterocycles. The second-order valence-corrected chi connectivity index (χ2v) is 8.99. The molecule has 3 aliphatic rings. The van der Waals surface area contributed by atoms with Crippen LogP contribution in [0.1, 0.15) is 23.5 Å². The van der Waals surface area contributed by atoms with Crippen LogP contribution in [-0.2, 0) is 16.1 Å². The van der Waals surface area contributed by atoms with E-state index < -0.39 is 5.41 Å². The summed E-state index contributed by atoms with van der Waals surface area (Å²) < 4.78 is 0. The highest BCUT2D eigenvalue weighted by atomic mass is 16.2. The van der Waals surface area contributed by atoms with E-state index in [1.165, 1.54) is 16.3 Å². The van der Waals surface area contributed by atoms with Crippen molar-refractivity contribution >= 4 is 22.5 Å². The highest BCUT2D eigenvalue weighted by Gasteiger charge is 2.66. The van der Waals surface area contributed by atoms with E-state index in [0.29, 0.717) is 19.0 Å². The van der Waals surface area contributed by atoms with Crippen molar-refractivity contribution in [2.75, 3.05) is 6.54 Å². The van der Waals surface area contributed by atoms with Crippen LogP contribution in [0.3, 0.4) is 0 Å². The molecule has 1 saturated heterocycles. The minimum absolute atomic E-state index is 0.0642. The van der Waals surface area contributed by atoms with Gasteiger partial charge in [-0.2, -0.15) is 0 Å². The number of allylic oxidation sites excluding steroid dienone is 2. The van der Waals surface area contributed by atoms with Crippen LogP contribution in [0, 0.1) is 17.3 Å². The van der Waals surface area contributed by atoms with E-state index in [-0.39, 0.29) is 23.5 Å². The molecule has 0 radical (unpaired) electrons. The van der Waals surface area contributed by atoms with Crippen LogP contribution in [0.5, 0.6) is 0 Å². The lowest BCUT2D eigenvalue weighted by molar-refractivity contribution is -0.143. The van der Waals surface area contributed by atoms with Crippen molar-refractivity contribution in [3.05, 3.63) is 96.1 Å². The van der Waals surface area contributed by atoms with Crippen LogP contribution >= 0.6 is 0 Å². The largest absolute Gasteiger partial charge is 0.331 e. The minimum atomic E-state index is -0.631. The van der Waals surface area contributed by atoms with Gasteiger partial charge in [0.05, 0.1) is 5.41 Å². The van der Waals surface area contributed by atoms with E-state index in [1.807, 2.05) is 36.4 Å². The van der Waals surface area contributed by atoms with E-state index in [9.17, 15) is 9.59 Å². The second kappa shape index (κ2) is 6.40. The maximum Gasteiger partial charge on any atom is 0.290 e. The Morgan fingerprint density at radius 2 is 1.63 bits per heavy atom. The van der Waals surface area contributed by atoms with Crippen LogP contribution < -0.4 is 0 Å². The molecule has 0 N–H and O–H groups in total. The number of fused-ring (bicyclic) bond motifs is 4. The molecule has 4 atom stereocenters. The van der Waals surface area contributed by atoms with Crippen LogP contribution in [0.25, 0.3) is 10.8 Å². The molecule has 3 aromatic carbocycles. The Morgan fingerprint density at radius 1 is 0.867 bits per heavy atom. The molecule has 1 spiro atoms. The summed E-state index contributed by atoms with van der Waals surface area (Å²) in [6.07, 6.45) is 5.43. The van der Waals surface area contributed by atoms with Crippen LogP contribution in [0.4, 0.5) is 0 Å². The Kier molecular flexibility index (Phi) is 3.76. The van der Waals surface area contributed by atoms with Gasteiger partial charge < -0.3 is 4.90 Å². The maximum absolute atomic E-state index is 13.5. The average molecular weight is 393 g/mol. The van der Waals surface area contributed by atoms with E-state index >= 15 is 0 Å². The van der Waals surface area contributed by atoms with Crippen molar-refractivity contribution in [3.8, 4) is 0 Å². The van der Waals surface area contributed by atoms with Crippen LogP contribution in [0.15, 0.2) is 84.9 Å². The number of rotatable bonds is 3. The predicted molar refractivity (Wildman–Crippen MR) is 117 cm³/mol. The Labute approximate surface area is 176 Å². The first-order valence-electron chi connectivity index (χ1n) is 10.7. The first-order valence-corrected chi connectivity index (χ1v) is 10.7. The molecule has 2 bridgehead atoms. The van der Waals surface area contributed by atoms with Gasteiger partial charge in [0.1, 0.15) is 0 Å². The number of carbonyl (C=O) groups excluding carboxylic acids is 2. The number of carbonyl (C=O) groups is 2. The molecule has 30 heavy (non-hydrogen) atoms. The third kappa shape index (κ3) is 2.38. The van der Waals surface area contributed by atoms with E-state index in [4.69, 9.17) is 0 Å². The summed E-state index contributed by atoms with van der Waals surface area (Å²) in [6, 6.07) is 24.8. The fourth-order valence-corrected chi connectivity index (χ4v) is 6.17. The Bertz CT molecular complexity index is 1200. The van der Waals surface area contributed by atoms with Crippen molar-refractivity contribution in [2.24, 2.45) is 17.3 Å². The molecule has 3 aromatic rings. The molecule has 1 amide bonds. The SMILES string of the molecule is O=C1C(=O)[C@@]2(CN1Cc1ccccc1)[C@H](c1ccc3ccccc3c1)[C@@H]1C=C[C@H]2C1. The third-order valence-corrected chi connectivity index (χ3v) is 7.47. The molecule has 3 nitrogen and oxygen atoms in total. The van der Waals surface area contributed by atoms with E-state index in [0.717, 1.165) is 12.0 Å². The van der Waals surface area contributed by atoms with Crippen LogP contribution in [0.2, 0.25) is 0 Å². The smallest absolute Gasteiger partial charge is 0.290 e. The number of amides is 1. The van der Waals surface area contributed by atoms with Gasteiger partial charge in [-0.3, -0.25) is 9.59 Å². The number of ketones is 1. The quantitative estimate of drug-likeness (QED) is 0.477. The number of benzene rings is 3. The Hall–Kier alpha value is -3.20. The molecular formula is C27H23NO2. The van der Waals surface area contributed by atoms with E-state index in [1.54, 1.807) is 4.90 Å². The summed E-state index contributed by atoms with van der Waals surface area (Å²) >= 11 is 0. The standard InChI is InChI=1S/C27H23NO2/c29-25-26(30)28(16-18-6-2-1-3-7-18)17-27(25)23-13-12-22(15-23)24(27)21-11-10-19-8-4-5-9-20(19)14-21/h1-14,22-24H,15-17H2/t22-,23+,24-,27-/m1/s1. The number of hydrogen-bond donors (Lipinski definition) is 0. The van der Waals surface area contributed by atoms with Gasteiger partial charge in [0.2, 0.25) is 5.78 Å². The molecule has 1 saturated carbocycles. The zero-order chi connectivity index (χ0) is 20.3. The van der Waals surface area contributed by atoms with Crippen molar-refractivity contribution in [3.63, 3.8) is 0 Å². The van der Waals surface area contributed by atoms with Crippen molar-refractivity contribution in [2.45, 2.75) is 18.9 Å². The fourth-order valence-electron chi connectivity index (χ4n) is 6.17. The van der Waals surface area contributed by atoms with Gasteiger partial charge >= 0.3 is 0 Å². The van der Waals surface area contributed by atoms with E-state index in [2.05, 4.69) is 48.6 Å². The molecule has 2 fully saturated rings. The molecular weight excluding hydrogens is 370 g/mol. The lowest BCUT2D eigenvalue weighted by atomic mass is 9.64. The average Bonchev–Trinajstić information content (AvgIpc) is 3.44. The molecule has 1 aliphatic heterocycles. The zero-order valence-corrected chi connectivity index (χ0v) is 16.7. The summed E-state index contributed by atoms with van der Waals surface area (Å²) in [5.41, 5.74) is 1.62. The minimum Gasteiger partial charge on any atom is -0.331 e. The van der Waals surface area contributed by atoms with Gasteiger partial charge in [0.15, 0.2) is 0 Å². The van der Waals surface area contributed by atoms with Crippen LogP contribution in [-0.4, -0.2) is 23.1 Å². The number of Topliss-reactive ketones (excluding diaryl/α,β-unsaturated/α-hetero) is 1. The molecule has 3 heteroatoms. The van der Waals surface area contributed by atoms with Crippen molar-refractivity contribution < 1.29 is 9.59 Å². The molecule has 0 unspecified atom stereocenters. The highest BCUT2D eigenvalue weighted by molar-refractivity contribution is 6.40. The Morgan fingerprint density at radius 3 is 2.47 bits per heavy atom. The van der Waals surface area contributed by atoms with Gasteiger partial charge in [-0.05, 0) is 40.2 Å². The molecule has 6 rings (SSSR count). The van der Waals surface area contributed by atoms with Crippen molar-refractivity contribution in [1.82, 2.24) is 4.90 Å². The first-order chi connectivity index (χ1) is 14.7. The lowest BCUT2D eigenvalue weighted by Gasteiger charge is -2.37. The molecule has 2 aliphatic carbocycles. The summed E-state index contributed by atoms with van der Waals surface area (Å²) in [4.78, 5) is 28.4. The molecule has 148 valence electrons. The highest BCUT2D eigenvalue weighted by Crippen LogP contribution is 2.63. The van der Waals surface area contributed by atoms with Gasteiger partial charge in [0.25, 0.3) is 5.91 Å². The van der Waals surface area contributed by atoms with Gasteiger partial charge in [-0.15, -0.1) is 0 Å². The topological polar surface area (TPSA) is 37.4 Å². The molecule has 0 aromatic heterocycles. The third-order valence-electron chi connectivity index (χ3n) is 7.47. The summed E-state index contributed by atoms with van der Waals surface area (Å²) in [7, 11) is 0. The summed E-state index contributed by atoms with van der Waals surface area (Å²) in [6.45, 7) is 1.02. The lowest BCUT2D eigenvalue weighted by Crippen LogP contribution is -2.41. The van der Waals surface area contributed by atoms with Gasteiger partial charge in [-0.25, -0.2) is 0 Å².